The average molecular weight is 485 g/mol. The lowest BCUT2D eigenvalue weighted by molar-refractivity contribution is -0.137. The second kappa shape index (κ2) is 9.32. The van der Waals surface area contributed by atoms with Gasteiger partial charge in [0.05, 0.1) is 17.0 Å². The van der Waals surface area contributed by atoms with Crippen LogP contribution in [0.5, 0.6) is 0 Å². The number of halogens is 3. The molecule has 5 rings (SSSR count). The number of aromatic nitrogens is 2. The summed E-state index contributed by atoms with van der Waals surface area (Å²) in [7, 11) is 0. The fraction of sp³-hybridized carbons (Fsp3) is 0.280. The first-order chi connectivity index (χ1) is 16.4. The lowest BCUT2D eigenvalue weighted by Crippen LogP contribution is -2.45. The zero-order chi connectivity index (χ0) is 23.7. The highest BCUT2D eigenvalue weighted by atomic mass is 32.1. The van der Waals surface area contributed by atoms with Crippen LogP contribution in [-0.4, -0.2) is 45.4 Å². The molecule has 1 fully saturated rings. The Morgan fingerprint density at radius 1 is 0.882 bits per heavy atom. The molecule has 0 radical (unpaired) electrons. The van der Waals surface area contributed by atoms with Crippen LogP contribution in [0.15, 0.2) is 70.8 Å². The Morgan fingerprint density at radius 2 is 1.53 bits per heavy atom. The Kier molecular flexibility index (Phi) is 6.24. The average Bonchev–Trinajstić information content (AvgIpc) is 3.25. The van der Waals surface area contributed by atoms with Crippen molar-refractivity contribution in [2.75, 3.05) is 26.2 Å². The zero-order valence-electron chi connectivity index (χ0n) is 18.3. The molecule has 0 N–H and O–H groups in total. The lowest BCUT2D eigenvalue weighted by Gasteiger charge is -2.34. The fourth-order valence-corrected chi connectivity index (χ4v) is 5.17. The highest BCUT2D eigenvalue weighted by Gasteiger charge is 2.30. The maximum atomic E-state index is 12.9. The Bertz CT molecular complexity index is 1320. The highest BCUT2D eigenvalue weighted by Crippen LogP contribution is 2.29. The topological polar surface area (TPSA) is 40.9 Å². The second-order valence-electron chi connectivity index (χ2n) is 8.44. The molecular formula is C25H23F3N4OS. The van der Waals surface area contributed by atoms with Crippen molar-refractivity contribution in [3.63, 3.8) is 0 Å². The first-order valence-corrected chi connectivity index (χ1v) is 11.9. The molecule has 0 atom stereocenters. The van der Waals surface area contributed by atoms with Gasteiger partial charge in [-0.2, -0.15) is 13.2 Å². The molecule has 5 nitrogen and oxygen atoms in total. The van der Waals surface area contributed by atoms with Crippen LogP contribution < -0.4 is 5.56 Å². The normalized spacial score (nSPS) is 15.7. The van der Waals surface area contributed by atoms with Crippen LogP contribution in [0.4, 0.5) is 13.2 Å². The lowest BCUT2D eigenvalue weighted by atomic mass is 10.1. The van der Waals surface area contributed by atoms with E-state index in [2.05, 4.69) is 9.80 Å². The van der Waals surface area contributed by atoms with Crippen LogP contribution in [0.1, 0.15) is 16.8 Å². The van der Waals surface area contributed by atoms with Gasteiger partial charge in [-0.3, -0.25) is 19.0 Å². The standard InChI is InChI=1S/C25H23F3N4OS/c26-25(27,28)20-8-6-18(7-9-20)15-30-10-12-31(13-11-30)16-21-14-23(33)32-22(17-34-24(32)29-21)19-4-2-1-3-5-19/h1-9,14,17H,10-13,15-16H2. The third-order valence-electron chi connectivity index (χ3n) is 6.07. The van der Waals surface area contributed by atoms with E-state index in [9.17, 15) is 18.0 Å². The zero-order valence-corrected chi connectivity index (χ0v) is 19.1. The van der Waals surface area contributed by atoms with Crippen molar-refractivity contribution in [3.05, 3.63) is 93.2 Å². The summed E-state index contributed by atoms with van der Waals surface area (Å²) < 4.78 is 39.9. The molecule has 1 aliphatic heterocycles. The van der Waals surface area contributed by atoms with Crippen molar-refractivity contribution in [3.8, 4) is 11.3 Å². The Hall–Kier alpha value is -3.01. The number of piperazine rings is 1. The van der Waals surface area contributed by atoms with Crippen molar-refractivity contribution in [1.29, 1.82) is 0 Å². The molecular weight excluding hydrogens is 461 g/mol. The summed E-state index contributed by atoms with van der Waals surface area (Å²) in [5, 5.41) is 1.96. The smallest absolute Gasteiger partial charge is 0.297 e. The predicted molar refractivity (Wildman–Crippen MR) is 127 cm³/mol. The second-order valence-corrected chi connectivity index (χ2v) is 9.27. The fourth-order valence-electron chi connectivity index (χ4n) is 4.25. The molecule has 0 amide bonds. The monoisotopic (exact) mass is 484 g/mol. The Balaban J connectivity index is 1.21. The highest BCUT2D eigenvalue weighted by molar-refractivity contribution is 7.15. The maximum absolute atomic E-state index is 12.9. The van der Waals surface area contributed by atoms with Gasteiger partial charge in [-0.1, -0.05) is 42.5 Å². The van der Waals surface area contributed by atoms with Gasteiger partial charge in [0.15, 0.2) is 4.96 Å². The molecule has 0 unspecified atom stereocenters. The number of hydrogen-bond donors (Lipinski definition) is 0. The SMILES string of the molecule is O=c1cc(CN2CCN(Cc3ccc(C(F)(F)F)cc3)CC2)nc2scc(-c3ccccc3)n12. The van der Waals surface area contributed by atoms with E-state index in [1.54, 1.807) is 22.6 Å². The van der Waals surface area contributed by atoms with E-state index in [0.717, 1.165) is 60.8 Å². The summed E-state index contributed by atoms with van der Waals surface area (Å²) in [5.41, 5.74) is 2.75. The number of hydrogen-bond acceptors (Lipinski definition) is 5. The van der Waals surface area contributed by atoms with Gasteiger partial charge in [0, 0.05) is 50.7 Å². The molecule has 9 heteroatoms. The van der Waals surface area contributed by atoms with Gasteiger partial charge in [-0.05, 0) is 23.3 Å². The quantitative estimate of drug-likeness (QED) is 0.410. The van der Waals surface area contributed by atoms with Crippen LogP contribution in [0.3, 0.4) is 0 Å². The summed E-state index contributed by atoms with van der Waals surface area (Å²) in [6.45, 7) is 4.44. The van der Waals surface area contributed by atoms with Crippen LogP contribution in [-0.2, 0) is 19.3 Å². The molecule has 0 bridgehead atoms. The molecule has 34 heavy (non-hydrogen) atoms. The number of rotatable bonds is 5. The van der Waals surface area contributed by atoms with Gasteiger partial charge >= 0.3 is 6.18 Å². The Labute approximate surface area is 198 Å². The summed E-state index contributed by atoms with van der Waals surface area (Å²) in [4.78, 5) is 22.8. The maximum Gasteiger partial charge on any atom is 0.416 e. The summed E-state index contributed by atoms with van der Waals surface area (Å²) >= 11 is 1.46. The van der Waals surface area contributed by atoms with Gasteiger partial charge in [0.2, 0.25) is 0 Å². The van der Waals surface area contributed by atoms with E-state index in [0.29, 0.717) is 18.1 Å². The van der Waals surface area contributed by atoms with Gasteiger partial charge in [0.25, 0.3) is 5.56 Å². The van der Waals surface area contributed by atoms with Crippen LogP contribution in [0, 0.1) is 0 Å². The molecule has 1 saturated heterocycles. The number of fused-ring (bicyclic) bond motifs is 1. The minimum atomic E-state index is -4.31. The predicted octanol–water partition coefficient (Wildman–Crippen LogP) is 4.76. The van der Waals surface area contributed by atoms with E-state index in [1.807, 2.05) is 35.7 Å². The van der Waals surface area contributed by atoms with E-state index < -0.39 is 11.7 Å². The molecule has 0 spiro atoms. The number of benzene rings is 2. The number of thiazole rings is 1. The molecule has 3 heterocycles. The third kappa shape index (κ3) is 4.91. The van der Waals surface area contributed by atoms with E-state index in [-0.39, 0.29) is 5.56 Å². The van der Waals surface area contributed by atoms with Gasteiger partial charge < -0.3 is 0 Å². The number of nitrogens with zero attached hydrogens (tertiary/aromatic N) is 4. The minimum absolute atomic E-state index is 0.0824. The summed E-state index contributed by atoms with van der Waals surface area (Å²) in [6.07, 6.45) is -4.31. The molecule has 1 aliphatic rings. The first-order valence-electron chi connectivity index (χ1n) is 11.0. The minimum Gasteiger partial charge on any atom is -0.297 e. The molecule has 2 aromatic carbocycles. The van der Waals surface area contributed by atoms with Gasteiger partial charge in [0.1, 0.15) is 0 Å². The van der Waals surface area contributed by atoms with Crippen molar-refractivity contribution in [2.45, 2.75) is 19.3 Å². The molecule has 0 aliphatic carbocycles. The molecule has 4 aromatic rings. The largest absolute Gasteiger partial charge is 0.416 e. The van der Waals surface area contributed by atoms with Gasteiger partial charge in [-0.25, -0.2) is 4.98 Å². The van der Waals surface area contributed by atoms with Crippen LogP contribution in [0.25, 0.3) is 16.2 Å². The third-order valence-corrected chi connectivity index (χ3v) is 6.89. The van der Waals surface area contributed by atoms with Crippen molar-refractivity contribution in [1.82, 2.24) is 19.2 Å². The summed E-state index contributed by atoms with van der Waals surface area (Å²) in [5.74, 6) is 0. The van der Waals surface area contributed by atoms with Crippen LogP contribution in [0.2, 0.25) is 0 Å². The van der Waals surface area contributed by atoms with Gasteiger partial charge in [-0.15, -0.1) is 11.3 Å². The van der Waals surface area contributed by atoms with Crippen molar-refractivity contribution < 1.29 is 13.2 Å². The van der Waals surface area contributed by atoms with E-state index in [1.165, 1.54) is 11.3 Å². The first kappa shape index (κ1) is 22.8. The van der Waals surface area contributed by atoms with Crippen LogP contribution >= 0.6 is 11.3 Å². The Morgan fingerprint density at radius 3 is 2.18 bits per heavy atom. The summed E-state index contributed by atoms with van der Waals surface area (Å²) in [6, 6.07) is 16.8. The molecule has 176 valence electrons. The van der Waals surface area contributed by atoms with Crippen molar-refractivity contribution in [2.24, 2.45) is 0 Å². The molecule has 0 saturated carbocycles. The van der Waals surface area contributed by atoms with Crippen molar-refractivity contribution >= 4 is 16.3 Å². The van der Waals surface area contributed by atoms with E-state index >= 15 is 0 Å². The van der Waals surface area contributed by atoms with E-state index in [4.69, 9.17) is 4.98 Å². The number of alkyl halides is 3. The molecule has 2 aromatic heterocycles.